The monoisotopic (exact) mass is 321 g/mol. The average molecular weight is 321 g/mol. The smallest absolute Gasteiger partial charge is 0.261 e. The molecule has 0 saturated carbocycles. The molecule has 0 radical (unpaired) electrons. The minimum atomic E-state index is -0.269. The number of benzene rings is 2. The lowest BCUT2D eigenvalue weighted by Crippen LogP contribution is -2.31. The summed E-state index contributed by atoms with van der Waals surface area (Å²) < 4.78 is 0. The number of hydrogen-bond donors (Lipinski definition) is 0. The first kappa shape index (κ1) is 16.1. The zero-order valence-electron chi connectivity index (χ0n) is 13.8. The molecule has 2 aromatic carbocycles. The fraction of sp³-hybridized carbons (Fsp3) is 0.250. The predicted octanol–water partition coefficient (Wildman–Crippen LogP) is 3.56. The van der Waals surface area contributed by atoms with Gasteiger partial charge in [-0.1, -0.05) is 24.3 Å². The summed E-state index contributed by atoms with van der Waals surface area (Å²) in [4.78, 5) is 38.0. The molecule has 1 aliphatic rings. The lowest BCUT2D eigenvalue weighted by atomic mass is 10.0. The van der Waals surface area contributed by atoms with E-state index in [9.17, 15) is 14.4 Å². The molecule has 24 heavy (non-hydrogen) atoms. The van der Waals surface area contributed by atoms with Gasteiger partial charge >= 0.3 is 0 Å². The fourth-order valence-electron chi connectivity index (χ4n) is 2.90. The number of rotatable bonds is 5. The number of aryl methyl sites for hydroxylation is 2. The number of amides is 2. The van der Waals surface area contributed by atoms with Crippen molar-refractivity contribution in [1.82, 2.24) is 4.90 Å². The second kappa shape index (κ2) is 6.40. The van der Waals surface area contributed by atoms with Gasteiger partial charge in [-0.15, -0.1) is 0 Å². The van der Waals surface area contributed by atoms with E-state index in [4.69, 9.17) is 0 Å². The number of carbonyl (C=O) groups excluding carboxylic acids is 3. The van der Waals surface area contributed by atoms with Crippen molar-refractivity contribution in [2.45, 2.75) is 26.7 Å². The lowest BCUT2D eigenvalue weighted by Gasteiger charge is -2.13. The van der Waals surface area contributed by atoms with Gasteiger partial charge in [0, 0.05) is 18.5 Å². The van der Waals surface area contributed by atoms with Gasteiger partial charge in [-0.3, -0.25) is 19.3 Å². The number of carbonyl (C=O) groups is 3. The van der Waals surface area contributed by atoms with Gasteiger partial charge in [0.1, 0.15) is 0 Å². The summed E-state index contributed by atoms with van der Waals surface area (Å²) in [6.45, 7) is 4.25. The van der Waals surface area contributed by atoms with Crippen molar-refractivity contribution in [3.05, 3.63) is 70.3 Å². The van der Waals surface area contributed by atoms with E-state index in [0.29, 0.717) is 29.5 Å². The summed E-state index contributed by atoms with van der Waals surface area (Å²) in [5.41, 5.74) is 3.81. The molecule has 122 valence electrons. The van der Waals surface area contributed by atoms with E-state index >= 15 is 0 Å². The quantitative estimate of drug-likeness (QED) is 0.625. The van der Waals surface area contributed by atoms with Crippen molar-refractivity contribution >= 4 is 17.6 Å². The maximum Gasteiger partial charge on any atom is 0.261 e. The van der Waals surface area contributed by atoms with Crippen LogP contribution >= 0.6 is 0 Å². The van der Waals surface area contributed by atoms with Crippen LogP contribution in [-0.2, 0) is 0 Å². The first-order valence-electron chi connectivity index (χ1n) is 8.04. The normalized spacial score (nSPS) is 13.3. The number of hydrogen-bond acceptors (Lipinski definition) is 3. The van der Waals surface area contributed by atoms with Crippen LogP contribution in [0.1, 0.15) is 55.0 Å². The molecule has 0 fully saturated rings. The zero-order valence-corrected chi connectivity index (χ0v) is 13.8. The van der Waals surface area contributed by atoms with Gasteiger partial charge < -0.3 is 0 Å². The molecule has 0 saturated heterocycles. The van der Waals surface area contributed by atoms with Gasteiger partial charge in [0.25, 0.3) is 11.8 Å². The molecule has 2 amide bonds. The first-order chi connectivity index (χ1) is 11.5. The highest BCUT2D eigenvalue weighted by Crippen LogP contribution is 2.23. The molecule has 0 N–H and O–H groups in total. The number of fused-ring (bicyclic) bond motifs is 1. The van der Waals surface area contributed by atoms with Crippen LogP contribution in [0.3, 0.4) is 0 Å². The van der Waals surface area contributed by atoms with E-state index in [1.54, 1.807) is 24.3 Å². The summed E-state index contributed by atoms with van der Waals surface area (Å²) in [5.74, 6) is -0.502. The Morgan fingerprint density at radius 3 is 2.12 bits per heavy atom. The Kier molecular flexibility index (Phi) is 4.30. The van der Waals surface area contributed by atoms with Crippen LogP contribution in [0.5, 0.6) is 0 Å². The van der Waals surface area contributed by atoms with Crippen molar-refractivity contribution in [3.63, 3.8) is 0 Å². The highest BCUT2D eigenvalue weighted by Gasteiger charge is 2.34. The molecule has 0 aliphatic carbocycles. The number of Topliss-reactive ketones (excluding diaryl/α,β-unsaturated/α-hetero) is 1. The zero-order chi connectivity index (χ0) is 17.3. The van der Waals surface area contributed by atoms with E-state index in [-0.39, 0.29) is 24.1 Å². The van der Waals surface area contributed by atoms with Crippen LogP contribution in [0.2, 0.25) is 0 Å². The SMILES string of the molecule is Cc1ccc(C(=O)CCCN2C(=O)c3ccccc3C2=O)cc1C. The van der Waals surface area contributed by atoms with E-state index in [0.717, 1.165) is 11.1 Å². The fourth-order valence-corrected chi connectivity index (χ4v) is 2.90. The van der Waals surface area contributed by atoms with Crippen LogP contribution in [0.15, 0.2) is 42.5 Å². The summed E-state index contributed by atoms with van der Waals surface area (Å²) in [7, 11) is 0. The molecular weight excluding hydrogens is 302 g/mol. The molecule has 2 aromatic rings. The van der Waals surface area contributed by atoms with Gasteiger partial charge in [0.05, 0.1) is 11.1 Å². The van der Waals surface area contributed by atoms with Crippen molar-refractivity contribution in [2.24, 2.45) is 0 Å². The largest absolute Gasteiger partial charge is 0.294 e. The summed E-state index contributed by atoms with van der Waals surface area (Å²) in [6, 6.07) is 12.5. The average Bonchev–Trinajstić information content (AvgIpc) is 2.82. The Balaban J connectivity index is 1.61. The lowest BCUT2D eigenvalue weighted by molar-refractivity contribution is 0.0647. The molecule has 0 spiro atoms. The van der Waals surface area contributed by atoms with Crippen LogP contribution in [0, 0.1) is 13.8 Å². The van der Waals surface area contributed by atoms with Gasteiger partial charge in [0.15, 0.2) is 5.78 Å². The Labute approximate surface area is 141 Å². The first-order valence-corrected chi connectivity index (χ1v) is 8.04. The maximum atomic E-state index is 12.3. The highest BCUT2D eigenvalue weighted by atomic mass is 16.2. The van der Waals surface area contributed by atoms with Crippen LogP contribution < -0.4 is 0 Å². The molecule has 4 nitrogen and oxygen atoms in total. The molecular formula is C20H19NO3. The van der Waals surface area contributed by atoms with Crippen molar-refractivity contribution < 1.29 is 14.4 Å². The summed E-state index contributed by atoms with van der Waals surface area (Å²) in [6.07, 6.45) is 0.785. The third-order valence-electron chi connectivity index (χ3n) is 4.49. The number of ketones is 1. The Hall–Kier alpha value is -2.75. The molecule has 4 heteroatoms. The van der Waals surface area contributed by atoms with Crippen molar-refractivity contribution in [3.8, 4) is 0 Å². The van der Waals surface area contributed by atoms with E-state index < -0.39 is 0 Å². The van der Waals surface area contributed by atoms with Gasteiger partial charge in [0.2, 0.25) is 0 Å². The molecule has 1 heterocycles. The second-order valence-corrected chi connectivity index (χ2v) is 6.13. The molecule has 0 aromatic heterocycles. The maximum absolute atomic E-state index is 12.3. The molecule has 0 bridgehead atoms. The van der Waals surface area contributed by atoms with Crippen molar-refractivity contribution in [2.75, 3.05) is 6.54 Å². The molecule has 1 aliphatic heterocycles. The highest BCUT2D eigenvalue weighted by molar-refractivity contribution is 6.21. The molecule has 0 unspecified atom stereocenters. The van der Waals surface area contributed by atoms with Crippen molar-refractivity contribution in [1.29, 1.82) is 0 Å². The predicted molar refractivity (Wildman–Crippen MR) is 91.3 cm³/mol. The third-order valence-corrected chi connectivity index (χ3v) is 4.49. The van der Waals surface area contributed by atoms with Crippen LogP contribution in [0.25, 0.3) is 0 Å². The topological polar surface area (TPSA) is 54.5 Å². The third kappa shape index (κ3) is 2.87. The van der Waals surface area contributed by atoms with E-state index in [1.807, 2.05) is 32.0 Å². The number of imide groups is 1. The second-order valence-electron chi connectivity index (χ2n) is 6.13. The molecule has 0 atom stereocenters. The van der Waals surface area contributed by atoms with Gasteiger partial charge in [-0.25, -0.2) is 0 Å². The minimum absolute atomic E-state index is 0.0368. The van der Waals surface area contributed by atoms with Gasteiger partial charge in [-0.05, 0) is 49.6 Å². The van der Waals surface area contributed by atoms with Gasteiger partial charge in [-0.2, -0.15) is 0 Å². The van der Waals surface area contributed by atoms with Crippen LogP contribution in [0.4, 0.5) is 0 Å². The summed E-state index contributed by atoms with van der Waals surface area (Å²) >= 11 is 0. The minimum Gasteiger partial charge on any atom is -0.294 e. The Morgan fingerprint density at radius 2 is 1.54 bits per heavy atom. The summed E-state index contributed by atoms with van der Waals surface area (Å²) in [5, 5.41) is 0. The van der Waals surface area contributed by atoms with Crippen LogP contribution in [-0.4, -0.2) is 29.0 Å². The Bertz CT molecular complexity index is 804. The van der Waals surface area contributed by atoms with E-state index in [2.05, 4.69) is 0 Å². The Morgan fingerprint density at radius 1 is 0.917 bits per heavy atom. The van der Waals surface area contributed by atoms with E-state index in [1.165, 1.54) is 4.90 Å². The standard InChI is InChI=1S/C20H19NO3/c1-13-9-10-15(12-14(13)2)18(22)8-5-11-21-19(23)16-6-3-4-7-17(16)20(21)24/h3-4,6-7,9-10,12H,5,8,11H2,1-2H3. The molecule has 3 rings (SSSR count). The number of nitrogens with zero attached hydrogens (tertiary/aromatic N) is 1.